The molecule has 3 rings (SSSR count). The van der Waals surface area contributed by atoms with Gasteiger partial charge in [-0.3, -0.25) is 9.78 Å². The van der Waals surface area contributed by atoms with Crippen LogP contribution < -0.4 is 9.62 Å². The minimum Gasteiger partial charge on any atom is -0.312 e. The van der Waals surface area contributed by atoms with Crippen LogP contribution in [0.5, 0.6) is 0 Å². The minimum absolute atomic E-state index is 0.0184. The number of aromatic nitrogens is 1. The van der Waals surface area contributed by atoms with E-state index in [9.17, 15) is 13.2 Å². The normalized spacial score (nSPS) is 14.1. The van der Waals surface area contributed by atoms with Crippen molar-refractivity contribution in [1.82, 2.24) is 9.71 Å². The largest absolute Gasteiger partial charge is 0.312 e. The number of sulfonamides is 1. The molecule has 6 nitrogen and oxygen atoms in total. The minimum atomic E-state index is -3.55. The van der Waals surface area contributed by atoms with Gasteiger partial charge in [0.25, 0.3) is 0 Å². The fourth-order valence-electron chi connectivity index (χ4n) is 3.20. The quantitative estimate of drug-likeness (QED) is 0.788. The number of fused-ring (bicyclic) bond motifs is 1. The van der Waals surface area contributed by atoms with Crippen LogP contribution in [0.2, 0.25) is 0 Å². The molecule has 0 saturated heterocycles. The number of hydrogen-bond donors (Lipinski definition) is 1. The van der Waals surface area contributed by atoms with E-state index in [-0.39, 0.29) is 10.8 Å². The maximum absolute atomic E-state index is 12.5. The average Bonchev–Trinajstić information content (AvgIpc) is 2.65. The van der Waals surface area contributed by atoms with E-state index in [4.69, 9.17) is 0 Å². The molecule has 0 atom stereocenters. The highest BCUT2D eigenvalue weighted by Crippen LogP contribution is 2.29. The number of nitrogens with one attached hydrogen (secondary N) is 1. The second kappa shape index (κ2) is 7.97. The number of rotatable bonds is 6. The van der Waals surface area contributed by atoms with Gasteiger partial charge in [-0.15, -0.1) is 0 Å². The van der Waals surface area contributed by atoms with Gasteiger partial charge in [0.05, 0.1) is 4.90 Å². The van der Waals surface area contributed by atoms with E-state index in [2.05, 4.69) is 9.71 Å². The Morgan fingerprint density at radius 3 is 2.88 bits per heavy atom. The van der Waals surface area contributed by atoms with Crippen molar-refractivity contribution in [2.24, 2.45) is 0 Å². The Bertz CT molecular complexity index is 882. The first-order chi connectivity index (χ1) is 12.5. The summed E-state index contributed by atoms with van der Waals surface area (Å²) in [5, 5.41) is 0. The Labute approximate surface area is 154 Å². The molecular weight excluding hydrogens is 350 g/mol. The molecule has 1 aliphatic heterocycles. The van der Waals surface area contributed by atoms with E-state index in [1.54, 1.807) is 35.5 Å². The van der Waals surface area contributed by atoms with Crippen molar-refractivity contribution in [3.05, 3.63) is 53.9 Å². The van der Waals surface area contributed by atoms with Crippen LogP contribution in [0.15, 0.2) is 47.6 Å². The predicted molar refractivity (Wildman–Crippen MR) is 101 cm³/mol. The molecule has 1 aliphatic rings. The molecule has 138 valence electrons. The lowest BCUT2D eigenvalue weighted by Crippen LogP contribution is -2.33. The molecule has 0 aliphatic carbocycles. The number of pyridine rings is 1. The lowest BCUT2D eigenvalue weighted by molar-refractivity contribution is -0.116. The maximum atomic E-state index is 12.5. The molecule has 1 aromatic carbocycles. The molecule has 0 radical (unpaired) electrons. The highest BCUT2D eigenvalue weighted by molar-refractivity contribution is 7.89. The zero-order chi connectivity index (χ0) is 18.6. The number of hydrogen-bond acceptors (Lipinski definition) is 4. The standard InChI is InChI=1S/C19H23N3O3S/c1-15(23)22-12-4-7-17-13-18(8-9-19(17)22)26(24,25)21-11-3-6-16-5-2-10-20-14-16/h2,5,8-10,13-14,21H,3-4,6-7,11-12H2,1H3. The third-order valence-corrected chi connectivity index (χ3v) is 5.98. The number of nitrogens with zero attached hydrogens (tertiary/aromatic N) is 2. The summed E-state index contributed by atoms with van der Waals surface area (Å²) in [7, 11) is -3.55. The van der Waals surface area contributed by atoms with Crippen LogP contribution in [-0.2, 0) is 27.7 Å². The third kappa shape index (κ3) is 4.28. The summed E-state index contributed by atoms with van der Waals surface area (Å²) in [5.74, 6) is -0.0184. The van der Waals surface area contributed by atoms with Gasteiger partial charge in [-0.2, -0.15) is 0 Å². The average molecular weight is 373 g/mol. The van der Waals surface area contributed by atoms with Crippen molar-refractivity contribution in [3.8, 4) is 0 Å². The van der Waals surface area contributed by atoms with Crippen LogP contribution in [0.1, 0.15) is 30.9 Å². The lowest BCUT2D eigenvalue weighted by Gasteiger charge is -2.28. The second-order valence-corrected chi connectivity index (χ2v) is 8.19. The summed E-state index contributed by atoms with van der Waals surface area (Å²) < 4.78 is 27.7. The number of carbonyl (C=O) groups excluding carboxylic acids is 1. The van der Waals surface area contributed by atoms with Crippen molar-refractivity contribution >= 4 is 21.6 Å². The molecular formula is C19H23N3O3S. The van der Waals surface area contributed by atoms with Gasteiger partial charge in [0.1, 0.15) is 0 Å². The summed E-state index contributed by atoms with van der Waals surface area (Å²) >= 11 is 0. The topological polar surface area (TPSA) is 79.4 Å². The first-order valence-electron chi connectivity index (χ1n) is 8.77. The molecule has 0 spiro atoms. The molecule has 0 saturated carbocycles. The fourth-order valence-corrected chi connectivity index (χ4v) is 4.32. The SMILES string of the molecule is CC(=O)N1CCCc2cc(S(=O)(=O)NCCCc3cccnc3)ccc21. The summed E-state index contributed by atoms with van der Waals surface area (Å²) in [5.41, 5.74) is 2.81. The Morgan fingerprint density at radius 2 is 2.15 bits per heavy atom. The highest BCUT2D eigenvalue weighted by atomic mass is 32.2. The van der Waals surface area contributed by atoms with Gasteiger partial charge >= 0.3 is 0 Å². The van der Waals surface area contributed by atoms with Crippen molar-refractivity contribution < 1.29 is 13.2 Å². The van der Waals surface area contributed by atoms with Gasteiger partial charge in [0.15, 0.2) is 0 Å². The van der Waals surface area contributed by atoms with Gasteiger partial charge in [0.2, 0.25) is 15.9 Å². The van der Waals surface area contributed by atoms with Crippen LogP contribution >= 0.6 is 0 Å². The van der Waals surface area contributed by atoms with E-state index >= 15 is 0 Å². The molecule has 1 N–H and O–H groups in total. The number of amides is 1. The van der Waals surface area contributed by atoms with Crippen molar-refractivity contribution in [2.45, 2.75) is 37.5 Å². The number of aryl methyl sites for hydroxylation is 2. The monoisotopic (exact) mass is 373 g/mol. The van der Waals surface area contributed by atoms with E-state index in [1.807, 2.05) is 12.1 Å². The number of carbonyl (C=O) groups is 1. The second-order valence-electron chi connectivity index (χ2n) is 6.43. The first-order valence-corrected chi connectivity index (χ1v) is 10.3. The zero-order valence-electron chi connectivity index (χ0n) is 14.8. The molecule has 7 heteroatoms. The number of anilines is 1. The zero-order valence-corrected chi connectivity index (χ0v) is 15.6. The summed E-state index contributed by atoms with van der Waals surface area (Å²) in [6.07, 6.45) is 6.61. The molecule has 2 heterocycles. The summed E-state index contributed by atoms with van der Waals surface area (Å²) in [4.78, 5) is 17.7. The predicted octanol–water partition coefficient (Wildman–Crippen LogP) is 2.29. The molecule has 0 bridgehead atoms. The van der Waals surface area contributed by atoms with Gasteiger partial charge in [-0.1, -0.05) is 6.07 Å². The lowest BCUT2D eigenvalue weighted by atomic mass is 10.0. The van der Waals surface area contributed by atoms with Gasteiger partial charge in [-0.05, 0) is 61.1 Å². The van der Waals surface area contributed by atoms with E-state index in [0.29, 0.717) is 19.5 Å². The van der Waals surface area contributed by atoms with Crippen LogP contribution in [0, 0.1) is 0 Å². The van der Waals surface area contributed by atoms with Crippen LogP contribution in [0.4, 0.5) is 5.69 Å². The first kappa shape index (κ1) is 18.5. The smallest absolute Gasteiger partial charge is 0.240 e. The van der Waals surface area contributed by atoms with E-state index in [0.717, 1.165) is 36.1 Å². The van der Waals surface area contributed by atoms with Crippen molar-refractivity contribution in [2.75, 3.05) is 18.0 Å². The van der Waals surface area contributed by atoms with Gasteiger partial charge in [0, 0.05) is 38.1 Å². The van der Waals surface area contributed by atoms with E-state index < -0.39 is 10.0 Å². The van der Waals surface area contributed by atoms with Crippen LogP contribution in [0.3, 0.4) is 0 Å². The van der Waals surface area contributed by atoms with Crippen LogP contribution in [-0.4, -0.2) is 32.4 Å². The summed E-state index contributed by atoms with van der Waals surface area (Å²) in [6, 6.07) is 8.85. The Hall–Kier alpha value is -2.25. The molecule has 0 unspecified atom stereocenters. The van der Waals surface area contributed by atoms with E-state index in [1.165, 1.54) is 6.92 Å². The molecule has 1 aromatic heterocycles. The maximum Gasteiger partial charge on any atom is 0.240 e. The summed E-state index contributed by atoms with van der Waals surface area (Å²) in [6.45, 7) is 2.58. The van der Waals surface area contributed by atoms with Crippen molar-refractivity contribution in [1.29, 1.82) is 0 Å². The number of benzene rings is 1. The van der Waals surface area contributed by atoms with Gasteiger partial charge in [-0.25, -0.2) is 13.1 Å². The molecule has 0 fully saturated rings. The van der Waals surface area contributed by atoms with Crippen LogP contribution in [0.25, 0.3) is 0 Å². The molecule has 26 heavy (non-hydrogen) atoms. The Morgan fingerprint density at radius 1 is 1.31 bits per heavy atom. The molecule has 2 aromatic rings. The Kier molecular flexibility index (Phi) is 5.68. The highest BCUT2D eigenvalue weighted by Gasteiger charge is 2.22. The third-order valence-electron chi connectivity index (χ3n) is 4.52. The Balaban J connectivity index is 1.65. The fraction of sp³-hybridized carbons (Fsp3) is 0.368. The van der Waals surface area contributed by atoms with Gasteiger partial charge < -0.3 is 4.90 Å². The van der Waals surface area contributed by atoms with Crippen molar-refractivity contribution in [3.63, 3.8) is 0 Å². The molecule has 1 amide bonds.